The topological polar surface area (TPSA) is 126 Å². The lowest BCUT2D eigenvalue weighted by Crippen LogP contribution is -2.27. The van der Waals surface area contributed by atoms with Crippen molar-refractivity contribution in [3.63, 3.8) is 0 Å². The molecule has 0 radical (unpaired) electrons. The van der Waals surface area contributed by atoms with Crippen LogP contribution >= 0.6 is 0 Å². The van der Waals surface area contributed by atoms with Gasteiger partial charge in [0.1, 0.15) is 16.3 Å². The Kier molecular flexibility index (Phi) is 7.21. The second-order valence-corrected chi connectivity index (χ2v) is 10.5. The van der Waals surface area contributed by atoms with Gasteiger partial charge in [0.15, 0.2) is 0 Å². The molecule has 2 aromatic carbocycles. The van der Waals surface area contributed by atoms with Crippen molar-refractivity contribution in [3.8, 4) is 0 Å². The number of primary amides is 1. The molecule has 2 aromatic heterocycles. The Morgan fingerprint density at radius 3 is 2.47 bits per heavy atom. The van der Waals surface area contributed by atoms with Crippen LogP contribution in [0.3, 0.4) is 0 Å². The molecule has 2 amide bonds. The van der Waals surface area contributed by atoms with E-state index in [4.69, 9.17) is 5.73 Å². The van der Waals surface area contributed by atoms with Crippen molar-refractivity contribution in [2.75, 3.05) is 7.05 Å². The first-order chi connectivity index (χ1) is 17.2. The Bertz CT molecular complexity index is 1530. The average molecular weight is 505 g/mol. The van der Waals surface area contributed by atoms with Crippen LogP contribution in [0, 0.1) is 0 Å². The molecule has 2 heterocycles. The first-order valence-electron chi connectivity index (χ1n) is 11.7. The van der Waals surface area contributed by atoms with E-state index in [1.165, 1.54) is 17.0 Å². The zero-order valence-corrected chi connectivity index (χ0v) is 21.0. The number of pyridine rings is 1. The third kappa shape index (κ3) is 4.87. The molecule has 0 fully saturated rings. The van der Waals surface area contributed by atoms with Crippen molar-refractivity contribution >= 4 is 32.6 Å². The number of unbranched alkanes of at least 4 members (excludes halogenated alkanes) is 1. The van der Waals surface area contributed by atoms with Crippen LogP contribution in [-0.2, 0) is 22.8 Å². The molecule has 0 aliphatic heterocycles. The molecule has 3 N–H and O–H groups in total. The first-order valence-corrected chi connectivity index (χ1v) is 13.2. The summed E-state index contributed by atoms with van der Waals surface area (Å²) in [5, 5.41) is 0.951. The van der Waals surface area contributed by atoms with Gasteiger partial charge in [0.25, 0.3) is 11.8 Å². The third-order valence-corrected chi connectivity index (χ3v) is 7.93. The van der Waals surface area contributed by atoms with Crippen LogP contribution in [0.25, 0.3) is 10.9 Å². The quantitative estimate of drug-likeness (QED) is 0.355. The largest absolute Gasteiger partial charge is 0.364 e. The fourth-order valence-electron chi connectivity index (χ4n) is 4.24. The van der Waals surface area contributed by atoms with Gasteiger partial charge in [0, 0.05) is 30.7 Å². The van der Waals surface area contributed by atoms with E-state index in [-0.39, 0.29) is 33.3 Å². The number of nitrogens with one attached hydrogen (secondary N) is 1. The molecule has 0 bridgehead atoms. The van der Waals surface area contributed by atoms with Crippen LogP contribution in [0.15, 0.2) is 76.7 Å². The molecule has 4 rings (SSSR count). The molecule has 0 unspecified atom stereocenters. The second-order valence-electron chi connectivity index (χ2n) is 8.66. The number of aromatic amines is 1. The van der Waals surface area contributed by atoms with E-state index < -0.39 is 21.7 Å². The number of nitrogens with zero attached hydrogens (tertiary/aromatic N) is 2. The highest BCUT2D eigenvalue weighted by atomic mass is 32.2. The molecule has 0 aliphatic carbocycles. The van der Waals surface area contributed by atoms with Crippen molar-refractivity contribution in [1.29, 1.82) is 0 Å². The molecule has 0 atom stereocenters. The fourth-order valence-corrected chi connectivity index (χ4v) is 5.94. The third-order valence-electron chi connectivity index (χ3n) is 6.05. The number of H-pyrrole nitrogens is 1. The Balaban J connectivity index is 1.77. The second kappa shape index (κ2) is 10.3. The van der Waals surface area contributed by atoms with Crippen molar-refractivity contribution in [2.45, 2.75) is 42.5 Å². The van der Waals surface area contributed by atoms with Crippen LogP contribution in [-0.4, -0.2) is 42.1 Å². The number of rotatable bonds is 9. The normalized spacial score (nSPS) is 11.5. The number of hydrogen-bond donors (Lipinski definition) is 2. The summed E-state index contributed by atoms with van der Waals surface area (Å²) < 4.78 is 27.2. The van der Waals surface area contributed by atoms with E-state index in [2.05, 4.69) is 9.97 Å². The summed E-state index contributed by atoms with van der Waals surface area (Å²) in [5.41, 5.74) is 7.40. The maximum absolute atomic E-state index is 13.6. The molecule has 0 aliphatic rings. The van der Waals surface area contributed by atoms with E-state index in [1.54, 1.807) is 31.4 Å². The molecule has 0 saturated heterocycles. The van der Waals surface area contributed by atoms with Gasteiger partial charge in [-0.25, -0.2) is 8.42 Å². The number of hydrogen-bond acceptors (Lipinski definition) is 5. The molecule has 8 nitrogen and oxygen atoms in total. The van der Waals surface area contributed by atoms with Crippen LogP contribution in [0.4, 0.5) is 0 Å². The predicted molar refractivity (Wildman–Crippen MR) is 137 cm³/mol. The summed E-state index contributed by atoms with van der Waals surface area (Å²) in [6, 6.07) is 17.4. The Hall–Kier alpha value is -3.98. The molecular formula is C27H28N4O4S. The van der Waals surface area contributed by atoms with Crippen molar-refractivity contribution in [1.82, 2.24) is 14.9 Å². The molecule has 0 saturated carbocycles. The monoisotopic (exact) mass is 504 g/mol. The number of benzene rings is 2. The van der Waals surface area contributed by atoms with Crippen molar-refractivity contribution < 1.29 is 18.0 Å². The van der Waals surface area contributed by atoms with Gasteiger partial charge in [0.2, 0.25) is 9.84 Å². The maximum atomic E-state index is 13.6. The van der Waals surface area contributed by atoms with Crippen LogP contribution in [0.2, 0.25) is 0 Å². The van der Waals surface area contributed by atoms with Crippen LogP contribution in [0.1, 0.15) is 51.9 Å². The highest BCUT2D eigenvalue weighted by Crippen LogP contribution is 2.32. The van der Waals surface area contributed by atoms with Gasteiger partial charge in [-0.1, -0.05) is 43.7 Å². The number of carbonyl (C=O) groups excluding carboxylic acids is 2. The number of fused-ring (bicyclic) bond motifs is 1. The lowest BCUT2D eigenvalue weighted by molar-refractivity contribution is 0.0778. The Labute approximate surface area is 210 Å². The molecule has 36 heavy (non-hydrogen) atoms. The van der Waals surface area contributed by atoms with E-state index in [0.717, 1.165) is 22.9 Å². The van der Waals surface area contributed by atoms with Gasteiger partial charge < -0.3 is 15.6 Å². The highest BCUT2D eigenvalue weighted by molar-refractivity contribution is 7.91. The summed E-state index contributed by atoms with van der Waals surface area (Å²) in [4.78, 5) is 34.3. The SMILES string of the molecule is CCCCc1c(C(=O)N(C)Cc2ccc3ncccc3c2)[nH]c(C(N)=O)c1S(=O)(=O)c1ccccc1. The molecule has 4 aromatic rings. The summed E-state index contributed by atoms with van der Waals surface area (Å²) in [5.74, 6) is -1.37. The minimum absolute atomic E-state index is 0.0291. The summed E-state index contributed by atoms with van der Waals surface area (Å²) >= 11 is 0. The number of amides is 2. The average Bonchev–Trinajstić information content (AvgIpc) is 3.28. The minimum Gasteiger partial charge on any atom is -0.364 e. The summed E-state index contributed by atoms with van der Waals surface area (Å²) in [6.07, 6.45) is 3.43. The highest BCUT2D eigenvalue weighted by Gasteiger charge is 2.34. The summed E-state index contributed by atoms with van der Waals surface area (Å²) in [7, 11) is -2.47. The zero-order valence-electron chi connectivity index (χ0n) is 20.2. The van der Waals surface area contributed by atoms with E-state index >= 15 is 0 Å². The van der Waals surface area contributed by atoms with E-state index in [0.29, 0.717) is 12.8 Å². The van der Waals surface area contributed by atoms with Gasteiger partial charge in [0.05, 0.1) is 10.4 Å². The van der Waals surface area contributed by atoms with Gasteiger partial charge in [-0.15, -0.1) is 0 Å². The summed E-state index contributed by atoms with van der Waals surface area (Å²) in [6.45, 7) is 2.25. The number of nitrogens with two attached hydrogens (primary N) is 1. The van der Waals surface area contributed by atoms with Crippen LogP contribution in [0.5, 0.6) is 0 Å². The van der Waals surface area contributed by atoms with E-state index in [9.17, 15) is 18.0 Å². The molecule has 186 valence electrons. The minimum atomic E-state index is -4.11. The Morgan fingerprint density at radius 2 is 1.78 bits per heavy atom. The fraction of sp³-hybridized carbons (Fsp3) is 0.222. The molecule has 9 heteroatoms. The lowest BCUT2D eigenvalue weighted by atomic mass is 10.1. The van der Waals surface area contributed by atoms with Crippen molar-refractivity contribution in [3.05, 3.63) is 89.4 Å². The smallest absolute Gasteiger partial charge is 0.270 e. The van der Waals surface area contributed by atoms with Gasteiger partial charge in [-0.2, -0.15) is 0 Å². The Morgan fingerprint density at radius 1 is 1.03 bits per heavy atom. The first kappa shape index (κ1) is 25.1. The number of sulfone groups is 1. The number of carbonyl (C=O) groups is 2. The molecular weight excluding hydrogens is 476 g/mol. The molecule has 0 spiro atoms. The standard InChI is InChI=1S/C27H28N4O4S/c1-3-4-12-21-23(27(33)31(2)17-18-13-14-22-19(16-18)9-8-15-29-22)30-24(26(28)32)25(21)36(34,35)20-10-6-5-7-11-20/h5-11,13-16,30H,3-4,12,17H2,1-2H3,(H2,28,32). The van der Waals surface area contributed by atoms with Gasteiger partial charge >= 0.3 is 0 Å². The van der Waals surface area contributed by atoms with Crippen molar-refractivity contribution in [2.24, 2.45) is 5.73 Å². The van der Waals surface area contributed by atoms with E-state index in [1.807, 2.05) is 37.3 Å². The zero-order chi connectivity index (χ0) is 25.9. The van der Waals surface area contributed by atoms with Gasteiger partial charge in [-0.05, 0) is 48.7 Å². The predicted octanol–water partition coefficient (Wildman–Crippen LogP) is 4.11. The van der Waals surface area contributed by atoms with Crippen LogP contribution < -0.4 is 5.73 Å². The van der Waals surface area contributed by atoms with Gasteiger partial charge in [-0.3, -0.25) is 14.6 Å². The lowest BCUT2D eigenvalue weighted by Gasteiger charge is -2.18. The maximum Gasteiger partial charge on any atom is 0.270 e. The number of aromatic nitrogens is 2.